The molecule has 2 aliphatic rings. The summed E-state index contributed by atoms with van der Waals surface area (Å²) >= 11 is 0. The largest absolute Gasteiger partial charge is 0.333 e. The first-order chi connectivity index (χ1) is 10.3. The molecule has 2 fully saturated rings. The standard InChI is InChI=1S/C13H15BN2O6/c1-7-5-9(17)15(12(7)20)4-2-3-11(19)22-16-10(18)6-8(14)13(16)21/h7-8H,2-6H2,1H3. The monoisotopic (exact) mass is 306 g/mol. The number of imide groups is 2. The predicted molar refractivity (Wildman–Crippen MR) is 71.8 cm³/mol. The lowest BCUT2D eigenvalue weighted by molar-refractivity contribution is -0.197. The Morgan fingerprint density at radius 2 is 1.86 bits per heavy atom. The van der Waals surface area contributed by atoms with Crippen LogP contribution in [0.1, 0.15) is 32.6 Å². The Kier molecular flexibility index (Phi) is 4.63. The van der Waals surface area contributed by atoms with Crippen LogP contribution in [0.5, 0.6) is 0 Å². The quantitative estimate of drug-likeness (QED) is 0.493. The number of amides is 4. The smallest absolute Gasteiger partial charge is 0.330 e. The molecule has 2 unspecified atom stereocenters. The van der Waals surface area contributed by atoms with E-state index in [0.717, 1.165) is 4.90 Å². The highest BCUT2D eigenvalue weighted by molar-refractivity contribution is 6.29. The van der Waals surface area contributed by atoms with Crippen molar-refractivity contribution in [1.29, 1.82) is 0 Å². The number of rotatable bonds is 5. The molecule has 0 saturated carbocycles. The van der Waals surface area contributed by atoms with Crippen molar-refractivity contribution < 1.29 is 28.8 Å². The van der Waals surface area contributed by atoms with Crippen LogP contribution in [0, 0.1) is 5.92 Å². The SMILES string of the molecule is [B]C1CC(=O)N(OC(=O)CCCN2C(=O)CC(C)C2=O)C1=O. The van der Waals surface area contributed by atoms with Crippen LogP contribution < -0.4 is 0 Å². The first-order valence-corrected chi connectivity index (χ1v) is 6.98. The van der Waals surface area contributed by atoms with Gasteiger partial charge in [-0.15, -0.1) is 5.06 Å². The Bertz CT molecular complexity index is 549. The molecular weight excluding hydrogens is 291 g/mol. The average Bonchev–Trinajstić information content (AvgIpc) is 2.82. The minimum atomic E-state index is -0.985. The van der Waals surface area contributed by atoms with E-state index in [-0.39, 0.29) is 50.0 Å². The van der Waals surface area contributed by atoms with E-state index in [4.69, 9.17) is 7.85 Å². The predicted octanol–water partition coefficient (Wildman–Crippen LogP) is -0.664. The molecule has 2 atom stereocenters. The molecule has 0 bridgehead atoms. The van der Waals surface area contributed by atoms with Gasteiger partial charge in [0, 0.05) is 37.5 Å². The summed E-state index contributed by atoms with van der Waals surface area (Å²) in [7, 11) is 5.38. The van der Waals surface area contributed by atoms with Crippen LogP contribution in [0.2, 0.25) is 5.82 Å². The van der Waals surface area contributed by atoms with E-state index in [1.165, 1.54) is 0 Å². The molecule has 9 heteroatoms. The van der Waals surface area contributed by atoms with E-state index in [1.54, 1.807) is 6.92 Å². The number of hydrogen-bond donors (Lipinski definition) is 0. The zero-order valence-electron chi connectivity index (χ0n) is 12.1. The fourth-order valence-corrected chi connectivity index (χ4v) is 2.34. The third kappa shape index (κ3) is 3.18. The zero-order chi connectivity index (χ0) is 16.4. The minimum absolute atomic E-state index is 0.110. The number of hydrogen-bond acceptors (Lipinski definition) is 6. The van der Waals surface area contributed by atoms with Crippen molar-refractivity contribution >= 4 is 37.4 Å². The number of likely N-dealkylation sites (tertiary alicyclic amines) is 1. The molecule has 116 valence electrons. The van der Waals surface area contributed by atoms with E-state index in [9.17, 15) is 24.0 Å². The summed E-state index contributed by atoms with van der Waals surface area (Å²) in [6, 6.07) is 0. The van der Waals surface area contributed by atoms with Gasteiger partial charge in [0.2, 0.25) is 11.8 Å². The molecule has 0 aliphatic carbocycles. The van der Waals surface area contributed by atoms with Gasteiger partial charge in [-0.2, -0.15) is 0 Å². The summed E-state index contributed by atoms with van der Waals surface area (Å²) in [6.07, 6.45) is 0.0573. The molecular formula is C13H15BN2O6. The molecule has 0 N–H and O–H groups in total. The molecule has 0 aromatic carbocycles. The number of carbonyl (C=O) groups excluding carboxylic acids is 5. The van der Waals surface area contributed by atoms with Crippen LogP contribution in [-0.2, 0) is 28.8 Å². The molecule has 2 aliphatic heterocycles. The summed E-state index contributed by atoms with van der Waals surface area (Å²) < 4.78 is 0. The Balaban J connectivity index is 1.77. The van der Waals surface area contributed by atoms with Crippen molar-refractivity contribution in [2.45, 2.75) is 38.4 Å². The summed E-state index contributed by atoms with van der Waals surface area (Å²) in [6.45, 7) is 1.78. The van der Waals surface area contributed by atoms with Gasteiger partial charge >= 0.3 is 5.97 Å². The Morgan fingerprint density at radius 3 is 2.36 bits per heavy atom. The van der Waals surface area contributed by atoms with Gasteiger partial charge in [-0.05, 0) is 6.42 Å². The second kappa shape index (κ2) is 6.29. The Labute approximate surface area is 128 Å². The Morgan fingerprint density at radius 1 is 1.18 bits per heavy atom. The van der Waals surface area contributed by atoms with Crippen molar-refractivity contribution in [1.82, 2.24) is 9.96 Å². The number of hydroxylamine groups is 2. The second-order valence-electron chi connectivity index (χ2n) is 5.39. The highest BCUT2D eigenvalue weighted by atomic mass is 16.7. The fourth-order valence-electron chi connectivity index (χ4n) is 2.34. The van der Waals surface area contributed by atoms with Crippen LogP contribution >= 0.6 is 0 Å². The highest BCUT2D eigenvalue weighted by Crippen LogP contribution is 2.22. The van der Waals surface area contributed by atoms with Crippen LogP contribution in [0.4, 0.5) is 0 Å². The summed E-state index contributed by atoms with van der Waals surface area (Å²) in [4.78, 5) is 63.5. The molecule has 2 saturated heterocycles. The Hall–Kier alpha value is -2.19. The van der Waals surface area contributed by atoms with Crippen molar-refractivity contribution in [3.63, 3.8) is 0 Å². The molecule has 4 amide bonds. The summed E-state index contributed by atoms with van der Waals surface area (Å²) in [5.41, 5.74) is 0. The molecule has 0 aromatic rings. The highest BCUT2D eigenvalue weighted by Gasteiger charge is 2.38. The maximum absolute atomic E-state index is 11.7. The van der Waals surface area contributed by atoms with Crippen molar-refractivity contribution in [3.8, 4) is 0 Å². The average molecular weight is 306 g/mol. The third-order valence-corrected chi connectivity index (χ3v) is 3.56. The van der Waals surface area contributed by atoms with Crippen LogP contribution in [-0.4, -0.2) is 54.0 Å². The zero-order valence-corrected chi connectivity index (χ0v) is 12.1. The van der Waals surface area contributed by atoms with Crippen LogP contribution in [0.15, 0.2) is 0 Å². The normalized spacial score (nSPS) is 25.3. The molecule has 2 radical (unpaired) electrons. The topological polar surface area (TPSA) is 101 Å². The molecule has 8 nitrogen and oxygen atoms in total. The number of nitrogens with zero attached hydrogens (tertiary/aromatic N) is 2. The van der Waals surface area contributed by atoms with Gasteiger partial charge in [-0.1, -0.05) is 6.92 Å². The van der Waals surface area contributed by atoms with Gasteiger partial charge in [-0.25, -0.2) is 4.79 Å². The van der Waals surface area contributed by atoms with E-state index < -0.39 is 23.6 Å². The van der Waals surface area contributed by atoms with E-state index >= 15 is 0 Å². The van der Waals surface area contributed by atoms with Gasteiger partial charge in [0.1, 0.15) is 0 Å². The lowest BCUT2D eigenvalue weighted by atomic mass is 9.86. The maximum Gasteiger partial charge on any atom is 0.333 e. The fraction of sp³-hybridized carbons (Fsp3) is 0.615. The van der Waals surface area contributed by atoms with Crippen LogP contribution in [0.25, 0.3) is 0 Å². The van der Waals surface area contributed by atoms with Crippen LogP contribution in [0.3, 0.4) is 0 Å². The third-order valence-electron chi connectivity index (χ3n) is 3.56. The van der Waals surface area contributed by atoms with E-state index in [1.807, 2.05) is 0 Å². The van der Waals surface area contributed by atoms with Crippen molar-refractivity contribution in [2.75, 3.05) is 6.54 Å². The van der Waals surface area contributed by atoms with Crippen molar-refractivity contribution in [2.24, 2.45) is 5.92 Å². The van der Waals surface area contributed by atoms with Gasteiger partial charge in [0.05, 0.1) is 7.85 Å². The summed E-state index contributed by atoms with van der Waals surface area (Å²) in [5, 5.41) is 0.376. The molecule has 22 heavy (non-hydrogen) atoms. The molecule has 2 heterocycles. The first-order valence-electron chi connectivity index (χ1n) is 6.98. The van der Waals surface area contributed by atoms with E-state index in [2.05, 4.69) is 4.84 Å². The summed E-state index contributed by atoms with van der Waals surface area (Å²) in [5.74, 6) is -4.04. The lowest BCUT2D eigenvalue weighted by Crippen LogP contribution is -2.34. The molecule has 0 aromatic heterocycles. The van der Waals surface area contributed by atoms with Crippen molar-refractivity contribution in [3.05, 3.63) is 0 Å². The van der Waals surface area contributed by atoms with Gasteiger partial charge < -0.3 is 4.84 Å². The van der Waals surface area contributed by atoms with Gasteiger partial charge in [0.15, 0.2) is 0 Å². The maximum atomic E-state index is 11.7. The molecule has 0 spiro atoms. The van der Waals surface area contributed by atoms with Gasteiger partial charge in [-0.3, -0.25) is 24.1 Å². The lowest BCUT2D eigenvalue weighted by Gasteiger charge is -2.15. The molecule has 2 rings (SSSR count). The van der Waals surface area contributed by atoms with Gasteiger partial charge in [0.25, 0.3) is 11.8 Å². The van der Waals surface area contributed by atoms with E-state index in [0.29, 0.717) is 5.06 Å². The first kappa shape index (κ1) is 16.2. The second-order valence-corrected chi connectivity index (χ2v) is 5.39. The minimum Gasteiger partial charge on any atom is -0.330 e. The number of carbonyl (C=O) groups is 5.